The van der Waals surface area contributed by atoms with E-state index in [0.29, 0.717) is 17.8 Å². The number of rotatable bonds is 8. The fourth-order valence-corrected chi connectivity index (χ4v) is 3.63. The summed E-state index contributed by atoms with van der Waals surface area (Å²) in [6.07, 6.45) is 5.58. The van der Waals surface area contributed by atoms with Crippen LogP contribution >= 0.6 is 0 Å². The molecule has 0 radical (unpaired) electrons. The largest absolute Gasteiger partial charge is 0.491 e. The van der Waals surface area contributed by atoms with Crippen LogP contribution in [0.2, 0.25) is 0 Å². The molecule has 1 aromatic carbocycles. The Bertz CT molecular complexity index is 1160. The number of unbranched alkanes of at least 4 members (excludes halogenated alkanes) is 1. The van der Waals surface area contributed by atoms with E-state index in [9.17, 15) is 9.00 Å². The summed E-state index contributed by atoms with van der Waals surface area (Å²) in [5, 5.41) is 0. The highest BCUT2D eigenvalue weighted by molar-refractivity contribution is 7.69. The molecule has 2 heterocycles. The van der Waals surface area contributed by atoms with Crippen LogP contribution in [0, 0.1) is 0 Å². The third-order valence-electron chi connectivity index (χ3n) is 4.55. The van der Waals surface area contributed by atoms with Crippen molar-refractivity contribution in [2.75, 3.05) is 13.7 Å². The van der Waals surface area contributed by atoms with Crippen LogP contribution in [0.1, 0.15) is 26.7 Å². The summed E-state index contributed by atoms with van der Waals surface area (Å²) in [5.41, 5.74) is 3.41. The number of nitrogens with zero attached hydrogens (tertiary/aromatic N) is 4. The molecule has 0 unspecified atom stereocenters. The Hall–Kier alpha value is -2.65. The Morgan fingerprint density at radius 3 is 2.69 bits per heavy atom. The Morgan fingerprint density at radius 1 is 1.21 bits per heavy atom. The Balaban J connectivity index is 2.24. The number of imidazole rings is 1. The van der Waals surface area contributed by atoms with Gasteiger partial charge in [0.15, 0.2) is 5.75 Å². The highest BCUT2D eigenvalue weighted by atomic mass is 32.2. The molecule has 0 saturated heterocycles. The van der Waals surface area contributed by atoms with Gasteiger partial charge in [-0.05, 0) is 37.1 Å². The van der Waals surface area contributed by atoms with E-state index in [1.165, 1.54) is 11.7 Å². The van der Waals surface area contributed by atoms with E-state index in [2.05, 4.69) is 20.8 Å². The van der Waals surface area contributed by atoms with E-state index < -0.39 is 10.9 Å². The number of methoxy groups -OCH3 is 1. The smallest absolute Gasteiger partial charge is 0.292 e. The Morgan fingerprint density at radius 2 is 2.00 bits per heavy atom. The van der Waals surface area contributed by atoms with Crippen molar-refractivity contribution in [3.05, 3.63) is 41.1 Å². The number of aryl methyl sites for hydroxylation is 2. The van der Waals surface area contributed by atoms with Gasteiger partial charge in [0, 0.05) is 32.0 Å². The molecule has 29 heavy (non-hydrogen) atoms. The predicted molar refractivity (Wildman–Crippen MR) is 114 cm³/mol. The lowest BCUT2D eigenvalue weighted by Gasteiger charge is -2.12. The van der Waals surface area contributed by atoms with E-state index >= 15 is 0 Å². The summed E-state index contributed by atoms with van der Waals surface area (Å²) < 4.78 is 30.2. The zero-order valence-corrected chi connectivity index (χ0v) is 17.9. The first-order valence-electron chi connectivity index (χ1n) is 9.49. The number of hydrogen-bond donors (Lipinski definition) is 0. The molecular formula is C20H25N4O4S-. The second-order valence-electron chi connectivity index (χ2n) is 6.58. The lowest BCUT2D eigenvalue weighted by Crippen LogP contribution is -2.17. The molecule has 0 amide bonds. The maximum absolute atomic E-state index is 12.2. The third-order valence-corrected chi connectivity index (χ3v) is 5.34. The van der Waals surface area contributed by atoms with Crippen LogP contribution in [-0.4, -0.2) is 27.8 Å². The molecule has 0 N–H and O–H groups in total. The molecule has 0 atom stereocenters. The molecule has 3 aromatic rings. The number of aromatic nitrogens is 3. The molecule has 8 nitrogen and oxygen atoms in total. The topological polar surface area (TPSA) is 87.7 Å². The van der Waals surface area contributed by atoms with Gasteiger partial charge in [0.25, 0.3) is 5.56 Å². The van der Waals surface area contributed by atoms with Crippen LogP contribution < -0.4 is 10.3 Å². The van der Waals surface area contributed by atoms with Crippen molar-refractivity contribution in [3.63, 3.8) is 0 Å². The van der Waals surface area contributed by atoms with Gasteiger partial charge in [0.2, 0.25) is 0 Å². The second-order valence-corrected chi connectivity index (χ2v) is 7.44. The average molecular weight is 418 g/mol. The van der Waals surface area contributed by atoms with E-state index in [-0.39, 0.29) is 11.3 Å². The SMILES string of the molecule is CCCCn1cnc2c(N=[S-](=O)OCC)cc(-c3cc(OC)c(=O)n(C)c3)cc21. The fraction of sp³-hybridized carbons (Fsp3) is 0.400. The summed E-state index contributed by atoms with van der Waals surface area (Å²) in [4.78, 5) is 16.6. The summed E-state index contributed by atoms with van der Waals surface area (Å²) in [5.74, 6) is 0.251. The first-order chi connectivity index (χ1) is 14.0. The van der Waals surface area contributed by atoms with Crippen molar-refractivity contribution in [3.8, 4) is 16.9 Å². The minimum absolute atomic E-state index is 0.215. The minimum Gasteiger partial charge on any atom is -0.491 e. The quantitative estimate of drug-likeness (QED) is 0.518. The van der Waals surface area contributed by atoms with E-state index in [4.69, 9.17) is 8.92 Å². The van der Waals surface area contributed by atoms with Crippen LogP contribution in [-0.2, 0) is 32.9 Å². The van der Waals surface area contributed by atoms with Gasteiger partial charge in [0.1, 0.15) is 5.52 Å². The lowest BCUT2D eigenvalue weighted by atomic mass is 10.1. The summed E-state index contributed by atoms with van der Waals surface area (Å²) >= 11 is 0. The zero-order chi connectivity index (χ0) is 21.0. The van der Waals surface area contributed by atoms with Gasteiger partial charge in [-0.3, -0.25) is 4.79 Å². The van der Waals surface area contributed by atoms with E-state index in [1.807, 2.05) is 6.07 Å². The van der Waals surface area contributed by atoms with Crippen LogP contribution in [0.4, 0.5) is 5.69 Å². The fourth-order valence-electron chi connectivity index (χ4n) is 3.08. The number of ether oxygens (including phenoxy) is 1. The van der Waals surface area contributed by atoms with Crippen LogP contribution in [0.5, 0.6) is 5.75 Å². The van der Waals surface area contributed by atoms with Gasteiger partial charge >= 0.3 is 0 Å². The summed E-state index contributed by atoms with van der Waals surface area (Å²) in [6.45, 7) is 5.01. The van der Waals surface area contributed by atoms with Crippen molar-refractivity contribution < 1.29 is 13.1 Å². The van der Waals surface area contributed by atoms with Gasteiger partial charge in [-0.2, -0.15) is 0 Å². The Labute approximate surface area is 171 Å². The molecule has 0 spiro atoms. The van der Waals surface area contributed by atoms with Crippen LogP contribution in [0.3, 0.4) is 0 Å². The van der Waals surface area contributed by atoms with Gasteiger partial charge in [-0.15, -0.1) is 0 Å². The molecule has 9 heteroatoms. The van der Waals surface area contributed by atoms with Gasteiger partial charge in [-0.1, -0.05) is 24.2 Å². The molecule has 0 bridgehead atoms. The second kappa shape index (κ2) is 9.23. The highest BCUT2D eigenvalue weighted by Crippen LogP contribution is 2.33. The monoisotopic (exact) mass is 417 g/mol. The van der Waals surface area contributed by atoms with Crippen LogP contribution in [0.15, 0.2) is 39.9 Å². The molecule has 3 rings (SSSR count). The first kappa shape index (κ1) is 21.1. The maximum atomic E-state index is 12.2. The first-order valence-corrected chi connectivity index (χ1v) is 10.5. The molecule has 0 saturated carbocycles. The van der Waals surface area contributed by atoms with Crippen molar-refractivity contribution in [2.45, 2.75) is 33.2 Å². The van der Waals surface area contributed by atoms with E-state index in [0.717, 1.165) is 36.0 Å². The minimum atomic E-state index is -1.81. The third kappa shape index (κ3) is 4.51. The molecule has 2 aromatic heterocycles. The normalized spacial score (nSPS) is 12.6. The summed E-state index contributed by atoms with van der Waals surface area (Å²) in [7, 11) is 1.34. The van der Waals surface area contributed by atoms with Gasteiger partial charge in [0.05, 0.1) is 24.6 Å². The van der Waals surface area contributed by atoms with Crippen LogP contribution in [0.25, 0.3) is 22.2 Å². The highest BCUT2D eigenvalue weighted by Gasteiger charge is 2.12. The number of fused-ring (bicyclic) bond motifs is 1. The van der Waals surface area contributed by atoms with E-state index in [1.54, 1.807) is 38.6 Å². The van der Waals surface area contributed by atoms with Crippen molar-refractivity contribution >= 4 is 27.6 Å². The molecule has 0 aliphatic carbocycles. The maximum Gasteiger partial charge on any atom is 0.292 e. The average Bonchev–Trinajstić information content (AvgIpc) is 3.11. The van der Waals surface area contributed by atoms with Gasteiger partial charge < -0.3 is 26.6 Å². The molecule has 0 fully saturated rings. The van der Waals surface area contributed by atoms with Gasteiger partial charge in [-0.25, -0.2) is 4.98 Å². The number of benzene rings is 1. The zero-order valence-electron chi connectivity index (χ0n) is 17.0. The summed E-state index contributed by atoms with van der Waals surface area (Å²) in [6, 6.07) is 5.50. The van der Waals surface area contributed by atoms with Crippen molar-refractivity contribution in [1.29, 1.82) is 0 Å². The predicted octanol–water partition coefficient (Wildman–Crippen LogP) is 3.94. The number of hydrogen-bond acceptors (Lipinski definition) is 7. The lowest BCUT2D eigenvalue weighted by molar-refractivity contribution is 0.369. The van der Waals surface area contributed by atoms with Crippen molar-refractivity contribution in [2.24, 2.45) is 11.4 Å². The molecule has 0 aliphatic rings. The molecular weight excluding hydrogens is 392 g/mol. The Kier molecular flexibility index (Phi) is 6.71. The van der Waals surface area contributed by atoms with Crippen molar-refractivity contribution in [1.82, 2.24) is 14.1 Å². The molecule has 156 valence electrons. The number of pyridine rings is 1. The standard InChI is InChI=1S/C20H25N4O4S/c1-5-7-8-24-13-21-19-16(22-29(26)28-6-2)9-14(10-17(19)24)15-11-18(27-4)20(25)23(3)12-15/h9-13H,5-8H2,1-4H3/q-1. The molecule has 0 aliphatic heterocycles.